The summed E-state index contributed by atoms with van der Waals surface area (Å²) in [6, 6.07) is 0. The van der Waals surface area contributed by atoms with Crippen molar-refractivity contribution in [3.8, 4) is 0 Å². The van der Waals surface area contributed by atoms with E-state index in [0.717, 1.165) is 25.8 Å². The highest BCUT2D eigenvalue weighted by Gasteiger charge is 2.33. The zero-order valence-corrected chi connectivity index (χ0v) is 10.2. The molecule has 1 rings (SSSR count). The molecule has 0 aromatic carbocycles. The van der Waals surface area contributed by atoms with Crippen molar-refractivity contribution in [2.45, 2.75) is 39.0 Å². The molecular weight excluding hydrogens is 204 g/mol. The zero-order chi connectivity index (χ0) is 11.9. The predicted octanol–water partition coefficient (Wildman–Crippen LogP) is 0.655. The lowest BCUT2D eigenvalue weighted by atomic mass is 9.87. The van der Waals surface area contributed by atoms with E-state index in [-0.39, 0.29) is 17.9 Å². The van der Waals surface area contributed by atoms with Crippen LogP contribution in [0, 0.1) is 5.41 Å². The summed E-state index contributed by atoms with van der Waals surface area (Å²) in [4.78, 5) is 11.5. The fraction of sp³-hybridized carbons (Fsp3) is 0.917. The van der Waals surface area contributed by atoms with Crippen molar-refractivity contribution in [1.29, 1.82) is 0 Å². The van der Waals surface area contributed by atoms with Crippen molar-refractivity contribution in [2.75, 3.05) is 26.2 Å². The Kier molecular flexibility index (Phi) is 5.77. The maximum Gasteiger partial charge on any atom is 0.233 e. The number of amides is 1. The van der Waals surface area contributed by atoms with Gasteiger partial charge in [0.25, 0.3) is 0 Å². The molecule has 16 heavy (non-hydrogen) atoms. The molecule has 0 unspecified atom stereocenters. The highest BCUT2D eigenvalue weighted by molar-refractivity contribution is 5.78. The van der Waals surface area contributed by atoms with Gasteiger partial charge in [0, 0.05) is 12.0 Å². The molecular formula is C12H24N2O2. The molecule has 0 aromatic heterocycles. The fourth-order valence-corrected chi connectivity index (χ4v) is 2.24. The van der Waals surface area contributed by atoms with Crippen LogP contribution in [0.3, 0.4) is 0 Å². The van der Waals surface area contributed by atoms with E-state index in [4.69, 9.17) is 0 Å². The summed E-state index contributed by atoms with van der Waals surface area (Å²) >= 11 is 0. The van der Waals surface area contributed by atoms with Crippen molar-refractivity contribution < 1.29 is 9.90 Å². The Morgan fingerprint density at radius 3 is 2.62 bits per heavy atom. The highest BCUT2D eigenvalue weighted by Crippen LogP contribution is 2.36. The normalized spacial score (nSPS) is 18.6. The van der Waals surface area contributed by atoms with Gasteiger partial charge in [-0.2, -0.15) is 0 Å². The molecule has 94 valence electrons. The summed E-state index contributed by atoms with van der Waals surface area (Å²) in [6.45, 7) is 4.14. The molecule has 1 aliphatic carbocycles. The molecule has 4 heteroatoms. The van der Waals surface area contributed by atoms with Gasteiger partial charge in [-0.1, -0.05) is 19.8 Å². The summed E-state index contributed by atoms with van der Waals surface area (Å²) in [5, 5.41) is 15.4. The summed E-state index contributed by atoms with van der Waals surface area (Å²) in [6.07, 6.45) is 5.45. The Morgan fingerprint density at radius 2 is 2.06 bits per heavy atom. The second kappa shape index (κ2) is 6.86. The molecule has 1 fully saturated rings. The minimum atomic E-state index is -0.0413. The van der Waals surface area contributed by atoms with Crippen molar-refractivity contribution in [2.24, 2.45) is 5.41 Å². The maximum atomic E-state index is 11.5. The molecule has 0 aliphatic heterocycles. The van der Waals surface area contributed by atoms with Crippen LogP contribution in [0.4, 0.5) is 0 Å². The molecule has 0 spiro atoms. The molecule has 4 nitrogen and oxygen atoms in total. The lowest BCUT2D eigenvalue weighted by molar-refractivity contribution is -0.120. The first-order chi connectivity index (χ1) is 7.72. The minimum Gasteiger partial charge on any atom is -0.396 e. The molecule has 1 amide bonds. The average molecular weight is 228 g/mol. The Morgan fingerprint density at radius 1 is 1.38 bits per heavy atom. The van der Waals surface area contributed by atoms with E-state index in [9.17, 15) is 9.90 Å². The maximum absolute atomic E-state index is 11.5. The van der Waals surface area contributed by atoms with Gasteiger partial charge in [-0.15, -0.1) is 0 Å². The molecule has 1 saturated carbocycles. The topological polar surface area (TPSA) is 61.4 Å². The van der Waals surface area contributed by atoms with Crippen molar-refractivity contribution in [3.63, 3.8) is 0 Å². The number of aliphatic hydroxyl groups is 1. The van der Waals surface area contributed by atoms with Crippen LogP contribution >= 0.6 is 0 Å². The standard InChI is InChI=1S/C12H24N2O2/c1-2-7-13-8-11(16)14-9-12(10-15)5-3-4-6-12/h13,15H,2-10H2,1H3,(H,14,16). The van der Waals surface area contributed by atoms with Crippen LogP contribution in [0.1, 0.15) is 39.0 Å². The molecule has 0 atom stereocenters. The van der Waals surface area contributed by atoms with Gasteiger partial charge in [0.2, 0.25) is 5.91 Å². The van der Waals surface area contributed by atoms with E-state index in [1.807, 2.05) is 0 Å². The number of carbonyl (C=O) groups is 1. The number of rotatable bonds is 7. The van der Waals surface area contributed by atoms with Crippen LogP contribution in [0.5, 0.6) is 0 Å². The quantitative estimate of drug-likeness (QED) is 0.561. The largest absolute Gasteiger partial charge is 0.396 e. The van der Waals surface area contributed by atoms with Crippen LogP contribution in [0.15, 0.2) is 0 Å². The first kappa shape index (κ1) is 13.5. The van der Waals surface area contributed by atoms with Crippen LogP contribution in [-0.4, -0.2) is 37.3 Å². The van der Waals surface area contributed by atoms with Gasteiger partial charge in [0.1, 0.15) is 0 Å². The lowest BCUT2D eigenvalue weighted by Crippen LogP contribution is -2.42. The van der Waals surface area contributed by atoms with Crippen LogP contribution < -0.4 is 10.6 Å². The number of hydrogen-bond acceptors (Lipinski definition) is 3. The summed E-state index contributed by atoms with van der Waals surface area (Å²) in [5.74, 6) is 0.0353. The Bertz CT molecular complexity index is 213. The lowest BCUT2D eigenvalue weighted by Gasteiger charge is -2.26. The van der Waals surface area contributed by atoms with E-state index in [1.165, 1.54) is 12.8 Å². The van der Waals surface area contributed by atoms with Crippen molar-refractivity contribution in [1.82, 2.24) is 10.6 Å². The first-order valence-corrected chi connectivity index (χ1v) is 6.31. The van der Waals surface area contributed by atoms with E-state index in [0.29, 0.717) is 13.1 Å². The molecule has 1 aliphatic rings. The van der Waals surface area contributed by atoms with Gasteiger partial charge in [0.15, 0.2) is 0 Å². The third-order valence-corrected chi connectivity index (χ3v) is 3.37. The number of nitrogens with one attached hydrogen (secondary N) is 2. The Hall–Kier alpha value is -0.610. The third-order valence-electron chi connectivity index (χ3n) is 3.37. The molecule has 3 N–H and O–H groups in total. The molecule has 0 aromatic rings. The van der Waals surface area contributed by atoms with Crippen LogP contribution in [0.25, 0.3) is 0 Å². The molecule has 0 bridgehead atoms. The number of carbonyl (C=O) groups excluding carboxylic acids is 1. The average Bonchev–Trinajstić information content (AvgIpc) is 2.76. The Labute approximate surface area is 97.8 Å². The van der Waals surface area contributed by atoms with E-state index in [2.05, 4.69) is 17.6 Å². The Balaban J connectivity index is 2.19. The number of hydrogen-bond donors (Lipinski definition) is 3. The predicted molar refractivity (Wildman–Crippen MR) is 64.2 cm³/mol. The van der Waals surface area contributed by atoms with E-state index in [1.54, 1.807) is 0 Å². The third kappa shape index (κ3) is 4.10. The van der Waals surface area contributed by atoms with Gasteiger partial charge < -0.3 is 15.7 Å². The monoisotopic (exact) mass is 228 g/mol. The smallest absolute Gasteiger partial charge is 0.233 e. The van der Waals surface area contributed by atoms with Gasteiger partial charge in [-0.05, 0) is 25.8 Å². The van der Waals surface area contributed by atoms with Crippen molar-refractivity contribution in [3.05, 3.63) is 0 Å². The summed E-state index contributed by atoms with van der Waals surface area (Å²) < 4.78 is 0. The summed E-state index contributed by atoms with van der Waals surface area (Å²) in [5.41, 5.74) is -0.0413. The first-order valence-electron chi connectivity index (χ1n) is 6.31. The van der Waals surface area contributed by atoms with Crippen LogP contribution in [-0.2, 0) is 4.79 Å². The highest BCUT2D eigenvalue weighted by atomic mass is 16.3. The van der Waals surface area contributed by atoms with E-state index >= 15 is 0 Å². The molecule has 0 radical (unpaired) electrons. The SMILES string of the molecule is CCCNCC(=O)NCC1(CO)CCCC1. The zero-order valence-electron chi connectivity index (χ0n) is 10.2. The van der Waals surface area contributed by atoms with Crippen LogP contribution in [0.2, 0.25) is 0 Å². The minimum absolute atomic E-state index is 0.0353. The second-order valence-corrected chi connectivity index (χ2v) is 4.82. The molecule has 0 saturated heterocycles. The second-order valence-electron chi connectivity index (χ2n) is 4.82. The molecule has 0 heterocycles. The fourth-order valence-electron chi connectivity index (χ4n) is 2.24. The number of aliphatic hydroxyl groups excluding tert-OH is 1. The summed E-state index contributed by atoms with van der Waals surface area (Å²) in [7, 11) is 0. The van der Waals surface area contributed by atoms with Gasteiger partial charge in [-0.25, -0.2) is 0 Å². The van der Waals surface area contributed by atoms with Crippen molar-refractivity contribution >= 4 is 5.91 Å². The van der Waals surface area contributed by atoms with E-state index < -0.39 is 0 Å². The van der Waals surface area contributed by atoms with Gasteiger partial charge >= 0.3 is 0 Å². The van der Waals surface area contributed by atoms with Gasteiger partial charge in [-0.3, -0.25) is 4.79 Å². The van der Waals surface area contributed by atoms with Gasteiger partial charge in [0.05, 0.1) is 13.2 Å².